The fourth-order valence-corrected chi connectivity index (χ4v) is 3.37. The van der Waals surface area contributed by atoms with Gasteiger partial charge in [0.15, 0.2) is 0 Å². The van der Waals surface area contributed by atoms with Gasteiger partial charge in [-0.05, 0) is 42.3 Å². The average Bonchev–Trinajstić information content (AvgIpc) is 2.99. The third-order valence-corrected chi connectivity index (χ3v) is 4.60. The van der Waals surface area contributed by atoms with Crippen LogP contribution in [0.25, 0.3) is 10.3 Å². The third kappa shape index (κ3) is 4.12. The largest absolute Gasteiger partial charge is 0.420 e. The average molecular weight is 384 g/mol. The number of fused-ring (bicyclic) bond motifs is 1. The van der Waals surface area contributed by atoms with Gasteiger partial charge in [-0.25, -0.2) is 14.8 Å². The standard InChI is InChI=1S/C18H16N4O2S2/c1-11(2)10-22(15-8-7-14-16(21-15)26-17(25)20-14)18(23)24-13-5-3-12(9-19)4-6-13/h3-8,11H,10H2,1-2H3,(H,20,25). The Labute approximate surface area is 160 Å². The highest BCUT2D eigenvalue weighted by Crippen LogP contribution is 2.26. The summed E-state index contributed by atoms with van der Waals surface area (Å²) in [5.41, 5.74) is 1.25. The van der Waals surface area contributed by atoms with Crippen LogP contribution in [0.2, 0.25) is 0 Å². The van der Waals surface area contributed by atoms with Crippen LogP contribution in [0, 0.1) is 17.2 Å². The SMILES string of the molecule is CC(C)CN(C(=O)Oc1ccc(C#N)cc1)c1ccc2nc(S)sc2n1. The maximum absolute atomic E-state index is 12.7. The second kappa shape index (κ2) is 7.72. The molecular formula is C18H16N4O2S2. The minimum absolute atomic E-state index is 0.225. The van der Waals surface area contributed by atoms with Crippen molar-refractivity contribution < 1.29 is 9.53 Å². The number of rotatable bonds is 4. The number of thiazole rings is 1. The Hall–Kier alpha value is -2.63. The number of anilines is 1. The summed E-state index contributed by atoms with van der Waals surface area (Å²) in [7, 11) is 0. The molecule has 3 aromatic rings. The summed E-state index contributed by atoms with van der Waals surface area (Å²) in [6, 6.07) is 12.0. The van der Waals surface area contributed by atoms with Gasteiger partial charge in [-0.2, -0.15) is 5.26 Å². The van der Waals surface area contributed by atoms with Crippen LogP contribution >= 0.6 is 24.0 Å². The van der Waals surface area contributed by atoms with Crippen LogP contribution in [-0.2, 0) is 0 Å². The lowest BCUT2D eigenvalue weighted by molar-refractivity contribution is 0.206. The van der Waals surface area contributed by atoms with Crippen molar-refractivity contribution in [3.63, 3.8) is 0 Å². The minimum Gasteiger partial charge on any atom is -0.410 e. The molecule has 2 heterocycles. The highest BCUT2D eigenvalue weighted by molar-refractivity contribution is 7.82. The highest BCUT2D eigenvalue weighted by Gasteiger charge is 2.21. The Balaban J connectivity index is 1.87. The molecule has 0 radical (unpaired) electrons. The lowest BCUT2D eigenvalue weighted by Crippen LogP contribution is -2.37. The molecule has 0 N–H and O–H groups in total. The van der Waals surface area contributed by atoms with Crippen molar-refractivity contribution in [2.45, 2.75) is 18.2 Å². The van der Waals surface area contributed by atoms with Gasteiger partial charge in [0, 0.05) is 6.54 Å². The van der Waals surface area contributed by atoms with E-state index in [0.29, 0.717) is 32.8 Å². The highest BCUT2D eigenvalue weighted by atomic mass is 32.2. The molecule has 0 aliphatic rings. The zero-order chi connectivity index (χ0) is 18.7. The second-order valence-corrected chi connectivity index (χ2v) is 7.70. The van der Waals surface area contributed by atoms with Crippen LogP contribution in [0.5, 0.6) is 5.75 Å². The van der Waals surface area contributed by atoms with Gasteiger partial charge >= 0.3 is 6.09 Å². The van der Waals surface area contributed by atoms with Crippen LogP contribution in [0.4, 0.5) is 10.6 Å². The molecule has 0 saturated heterocycles. The molecular weight excluding hydrogens is 368 g/mol. The molecule has 0 saturated carbocycles. The van der Waals surface area contributed by atoms with Gasteiger partial charge in [0.2, 0.25) is 0 Å². The predicted molar refractivity (Wildman–Crippen MR) is 104 cm³/mol. The minimum atomic E-state index is -0.522. The number of nitriles is 1. The van der Waals surface area contributed by atoms with E-state index in [-0.39, 0.29) is 5.92 Å². The van der Waals surface area contributed by atoms with E-state index in [1.165, 1.54) is 16.2 Å². The molecule has 0 atom stereocenters. The van der Waals surface area contributed by atoms with Gasteiger partial charge in [-0.15, -0.1) is 12.6 Å². The summed E-state index contributed by atoms with van der Waals surface area (Å²) in [6.45, 7) is 4.48. The van der Waals surface area contributed by atoms with Crippen LogP contribution in [0.1, 0.15) is 19.4 Å². The van der Waals surface area contributed by atoms with Crippen molar-refractivity contribution in [2.75, 3.05) is 11.4 Å². The van der Waals surface area contributed by atoms with Crippen molar-refractivity contribution in [3.05, 3.63) is 42.0 Å². The predicted octanol–water partition coefficient (Wildman–Crippen LogP) is 4.51. The zero-order valence-corrected chi connectivity index (χ0v) is 15.9. The molecule has 8 heteroatoms. The molecule has 0 spiro atoms. The summed E-state index contributed by atoms with van der Waals surface area (Å²) in [5, 5.41) is 8.85. The maximum atomic E-state index is 12.7. The first-order chi connectivity index (χ1) is 12.5. The maximum Gasteiger partial charge on any atom is 0.420 e. The molecule has 1 amide bonds. The molecule has 0 unspecified atom stereocenters. The first-order valence-corrected chi connectivity index (χ1v) is 9.18. The van der Waals surface area contributed by atoms with Crippen LogP contribution in [0.15, 0.2) is 40.7 Å². The van der Waals surface area contributed by atoms with Gasteiger partial charge in [-0.1, -0.05) is 25.2 Å². The van der Waals surface area contributed by atoms with Gasteiger partial charge in [-0.3, -0.25) is 4.90 Å². The number of hydrogen-bond acceptors (Lipinski definition) is 7. The monoisotopic (exact) mass is 384 g/mol. The Morgan fingerprint density at radius 1 is 1.27 bits per heavy atom. The fourth-order valence-electron chi connectivity index (χ4n) is 2.33. The summed E-state index contributed by atoms with van der Waals surface area (Å²) < 4.78 is 6.08. The number of thiol groups is 1. The van der Waals surface area contributed by atoms with Crippen molar-refractivity contribution in [2.24, 2.45) is 5.92 Å². The summed E-state index contributed by atoms with van der Waals surface area (Å²) >= 11 is 5.60. The molecule has 2 aromatic heterocycles. The number of pyridine rings is 1. The second-order valence-electron chi connectivity index (χ2n) is 6.00. The molecule has 0 aliphatic heterocycles. The molecule has 1 aromatic carbocycles. The number of nitrogens with zero attached hydrogens (tertiary/aromatic N) is 4. The van der Waals surface area contributed by atoms with Gasteiger partial charge in [0.05, 0.1) is 11.6 Å². The lowest BCUT2D eigenvalue weighted by Gasteiger charge is -2.22. The number of amides is 1. The zero-order valence-electron chi connectivity index (χ0n) is 14.2. The van der Waals surface area contributed by atoms with Gasteiger partial charge < -0.3 is 4.74 Å². The molecule has 3 rings (SSSR count). The number of aromatic nitrogens is 2. The van der Waals surface area contributed by atoms with E-state index in [1.807, 2.05) is 26.0 Å². The van der Waals surface area contributed by atoms with Crippen molar-refractivity contribution >= 4 is 46.2 Å². The van der Waals surface area contributed by atoms with E-state index in [9.17, 15) is 4.79 Å². The van der Waals surface area contributed by atoms with E-state index < -0.39 is 6.09 Å². The fraction of sp³-hybridized carbons (Fsp3) is 0.222. The number of carbonyl (C=O) groups is 1. The first-order valence-electron chi connectivity index (χ1n) is 7.92. The number of ether oxygens (including phenoxy) is 1. The van der Waals surface area contributed by atoms with Gasteiger partial charge in [0.25, 0.3) is 0 Å². The molecule has 132 valence electrons. The molecule has 26 heavy (non-hydrogen) atoms. The Bertz CT molecular complexity index is 977. The summed E-state index contributed by atoms with van der Waals surface area (Å²) in [5.74, 6) is 1.10. The first kappa shape index (κ1) is 18.2. The van der Waals surface area contributed by atoms with Crippen LogP contribution in [0.3, 0.4) is 0 Å². The molecule has 0 aliphatic carbocycles. The smallest absolute Gasteiger partial charge is 0.410 e. The molecule has 6 nitrogen and oxygen atoms in total. The summed E-state index contributed by atoms with van der Waals surface area (Å²) in [4.78, 5) is 23.7. The van der Waals surface area contributed by atoms with E-state index in [0.717, 1.165) is 5.52 Å². The number of carbonyl (C=O) groups excluding carboxylic acids is 1. The van der Waals surface area contributed by atoms with E-state index in [2.05, 4.69) is 22.6 Å². The van der Waals surface area contributed by atoms with Crippen molar-refractivity contribution in [1.82, 2.24) is 9.97 Å². The normalized spacial score (nSPS) is 10.7. The molecule has 0 fully saturated rings. The van der Waals surface area contributed by atoms with Crippen molar-refractivity contribution in [1.29, 1.82) is 5.26 Å². The quantitative estimate of drug-likeness (QED) is 0.669. The van der Waals surface area contributed by atoms with Crippen molar-refractivity contribution in [3.8, 4) is 11.8 Å². The van der Waals surface area contributed by atoms with Crippen LogP contribution < -0.4 is 9.64 Å². The lowest BCUT2D eigenvalue weighted by atomic mass is 10.2. The summed E-state index contributed by atoms with van der Waals surface area (Å²) in [6.07, 6.45) is -0.522. The Morgan fingerprint density at radius 2 is 2.00 bits per heavy atom. The van der Waals surface area contributed by atoms with Crippen LogP contribution in [-0.4, -0.2) is 22.6 Å². The number of hydrogen-bond donors (Lipinski definition) is 1. The molecule has 0 bridgehead atoms. The topological polar surface area (TPSA) is 79.1 Å². The Kier molecular flexibility index (Phi) is 5.40. The van der Waals surface area contributed by atoms with E-state index >= 15 is 0 Å². The van der Waals surface area contributed by atoms with E-state index in [1.54, 1.807) is 30.3 Å². The van der Waals surface area contributed by atoms with E-state index in [4.69, 9.17) is 10.00 Å². The van der Waals surface area contributed by atoms with Gasteiger partial charge in [0.1, 0.15) is 26.3 Å². The Morgan fingerprint density at radius 3 is 2.65 bits per heavy atom. The third-order valence-electron chi connectivity index (χ3n) is 3.46. The number of benzene rings is 1.